The van der Waals surface area contributed by atoms with E-state index in [1.165, 1.54) is 21.8 Å². The molecule has 0 N–H and O–H groups in total. The van der Waals surface area contributed by atoms with Crippen LogP contribution in [0.3, 0.4) is 0 Å². The fourth-order valence-electron chi connectivity index (χ4n) is 2.68. The van der Waals surface area contributed by atoms with Gasteiger partial charge in [0.25, 0.3) is 0 Å². The molecule has 1 unspecified atom stereocenters. The maximum Gasteiger partial charge on any atom is 0.346 e. The smallest absolute Gasteiger partial charge is 0.346 e. The summed E-state index contributed by atoms with van der Waals surface area (Å²) < 4.78 is 15.6. The molecule has 3 rings (SSSR count). The summed E-state index contributed by atoms with van der Waals surface area (Å²) >= 11 is 4.06. The molecule has 6 heteroatoms. The molecule has 0 aliphatic heterocycles. The fourth-order valence-corrected chi connectivity index (χ4v) is 4.98. The summed E-state index contributed by atoms with van der Waals surface area (Å²) in [5, 5.41) is 0. The van der Waals surface area contributed by atoms with E-state index in [0.717, 1.165) is 0 Å². The molecule has 0 radical (unpaired) electrons. The number of hydrogen-bond acceptors (Lipinski definition) is 5. The topological polar surface area (TPSA) is 44.8 Å². The van der Waals surface area contributed by atoms with E-state index >= 15 is 0 Å². The van der Waals surface area contributed by atoms with Crippen molar-refractivity contribution in [3.63, 3.8) is 0 Å². The van der Waals surface area contributed by atoms with Gasteiger partial charge in [-0.05, 0) is 48.5 Å². The Kier molecular flexibility index (Phi) is 8.04. The summed E-state index contributed by atoms with van der Waals surface area (Å²) in [6.45, 7) is -0.184. The van der Waals surface area contributed by atoms with Crippen LogP contribution < -0.4 is 4.74 Å². The fraction of sp³-hybridized carbons (Fsp3) is 0.174. The molecular formula is C23H23O4S2+. The molecule has 3 aromatic rings. The Hall–Kier alpha value is -2.41. The van der Waals surface area contributed by atoms with E-state index in [4.69, 9.17) is 14.2 Å². The number of benzene rings is 3. The molecule has 0 amide bonds. The van der Waals surface area contributed by atoms with E-state index in [0.29, 0.717) is 5.75 Å². The Morgan fingerprint density at radius 1 is 0.862 bits per heavy atom. The maximum atomic E-state index is 11.8. The molecule has 0 aliphatic rings. The van der Waals surface area contributed by atoms with Crippen LogP contribution in [0, 0.1) is 0 Å². The largest absolute Gasteiger partial charge is 0.482 e. The van der Waals surface area contributed by atoms with Crippen LogP contribution in [0.1, 0.15) is 0 Å². The van der Waals surface area contributed by atoms with Crippen LogP contribution in [0.2, 0.25) is 0 Å². The van der Waals surface area contributed by atoms with Gasteiger partial charge < -0.3 is 14.2 Å². The van der Waals surface area contributed by atoms with Gasteiger partial charge in [-0.15, -0.1) is 0 Å². The number of methoxy groups -OCH3 is 1. The number of thiol groups is 1. The van der Waals surface area contributed by atoms with Gasteiger partial charge in [-0.25, -0.2) is 4.79 Å². The third-order valence-electron chi connectivity index (χ3n) is 4.05. The molecule has 0 spiro atoms. The molecule has 1 atom stereocenters. The van der Waals surface area contributed by atoms with E-state index in [9.17, 15) is 4.79 Å². The molecule has 0 heterocycles. The molecule has 0 aromatic heterocycles. The number of esters is 1. The minimum absolute atomic E-state index is 0.184. The van der Waals surface area contributed by atoms with E-state index in [2.05, 4.69) is 61.2 Å². The van der Waals surface area contributed by atoms with Crippen LogP contribution in [-0.4, -0.2) is 31.7 Å². The van der Waals surface area contributed by atoms with Gasteiger partial charge in [0, 0.05) is 7.11 Å². The van der Waals surface area contributed by atoms with Gasteiger partial charge in [-0.2, -0.15) is 12.6 Å². The van der Waals surface area contributed by atoms with Crippen LogP contribution in [0.25, 0.3) is 0 Å². The zero-order valence-electron chi connectivity index (χ0n) is 16.1. The van der Waals surface area contributed by atoms with Crippen molar-refractivity contribution < 1.29 is 19.0 Å². The highest BCUT2D eigenvalue weighted by Gasteiger charge is 2.28. The lowest BCUT2D eigenvalue weighted by atomic mass is 10.3. The highest BCUT2D eigenvalue weighted by Crippen LogP contribution is 2.31. The van der Waals surface area contributed by atoms with Crippen molar-refractivity contribution in [1.29, 1.82) is 0 Å². The summed E-state index contributed by atoms with van der Waals surface area (Å²) in [6, 6.07) is 28.7. The Morgan fingerprint density at radius 2 is 1.38 bits per heavy atom. The van der Waals surface area contributed by atoms with Crippen molar-refractivity contribution in [1.82, 2.24) is 0 Å². The normalized spacial score (nSPS) is 11.8. The number of carbonyl (C=O) groups excluding carboxylic acids is 1. The first kappa shape index (κ1) is 21.3. The van der Waals surface area contributed by atoms with Crippen molar-refractivity contribution in [2.45, 2.75) is 21.0 Å². The quantitative estimate of drug-likeness (QED) is 0.235. The lowest BCUT2D eigenvalue weighted by Crippen LogP contribution is -2.25. The van der Waals surface area contributed by atoms with Crippen LogP contribution >= 0.6 is 12.6 Å². The second kappa shape index (κ2) is 11.0. The molecule has 0 fully saturated rings. The van der Waals surface area contributed by atoms with E-state index < -0.39 is 12.3 Å². The number of hydrogen-bond donors (Lipinski definition) is 1. The second-order valence-corrected chi connectivity index (χ2v) is 8.42. The predicted octanol–water partition coefficient (Wildman–Crippen LogP) is 4.61. The highest BCUT2D eigenvalue weighted by atomic mass is 32.2. The van der Waals surface area contributed by atoms with Gasteiger partial charge in [0.2, 0.25) is 6.29 Å². The Morgan fingerprint density at radius 3 is 1.86 bits per heavy atom. The van der Waals surface area contributed by atoms with Crippen molar-refractivity contribution in [2.24, 2.45) is 0 Å². The first-order valence-corrected chi connectivity index (χ1v) is 11.0. The first-order chi connectivity index (χ1) is 14.2. The molecule has 3 aromatic carbocycles. The zero-order valence-corrected chi connectivity index (χ0v) is 17.8. The number of rotatable bonds is 9. The first-order valence-electron chi connectivity index (χ1n) is 9.11. The van der Waals surface area contributed by atoms with Crippen molar-refractivity contribution in [2.75, 3.05) is 19.5 Å². The lowest BCUT2D eigenvalue weighted by molar-refractivity contribution is -0.171. The standard InChI is InChI=1S/C23H22O4S2/c1-25-23(17-28)27-22(24)16-26-18-12-14-21(15-13-18)29(19-8-4-2-5-9-19)20-10-6-3-7-11-20/h2-15,23H,16-17H2,1H3/p+1. The average molecular weight is 428 g/mol. The molecule has 0 aliphatic carbocycles. The van der Waals surface area contributed by atoms with Gasteiger partial charge in [-0.3, -0.25) is 0 Å². The summed E-state index contributed by atoms with van der Waals surface area (Å²) in [4.78, 5) is 15.5. The third kappa shape index (κ3) is 6.03. The van der Waals surface area contributed by atoms with Gasteiger partial charge in [0.15, 0.2) is 21.3 Å². The Balaban J connectivity index is 1.72. The second-order valence-electron chi connectivity index (χ2n) is 6.03. The van der Waals surface area contributed by atoms with E-state index in [1.54, 1.807) is 0 Å². The zero-order chi connectivity index (χ0) is 20.5. The Bertz CT molecular complexity index is 842. The van der Waals surface area contributed by atoms with E-state index in [-0.39, 0.29) is 23.3 Å². The number of ether oxygens (including phenoxy) is 3. The van der Waals surface area contributed by atoms with Crippen LogP contribution in [0.15, 0.2) is 99.6 Å². The molecule has 0 bridgehead atoms. The third-order valence-corrected chi connectivity index (χ3v) is 6.58. The highest BCUT2D eigenvalue weighted by molar-refractivity contribution is 7.97. The van der Waals surface area contributed by atoms with Gasteiger partial charge in [0.1, 0.15) is 5.75 Å². The van der Waals surface area contributed by atoms with Gasteiger partial charge in [0.05, 0.1) is 16.6 Å². The van der Waals surface area contributed by atoms with Crippen LogP contribution in [0.5, 0.6) is 5.75 Å². The Labute approximate surface area is 179 Å². The summed E-state index contributed by atoms with van der Waals surface area (Å²) in [5.41, 5.74) is 0. The maximum absolute atomic E-state index is 11.8. The molecular weight excluding hydrogens is 404 g/mol. The van der Waals surface area contributed by atoms with Crippen LogP contribution in [-0.2, 0) is 25.2 Å². The molecule has 150 valence electrons. The van der Waals surface area contributed by atoms with Crippen LogP contribution in [0.4, 0.5) is 0 Å². The summed E-state index contributed by atoms with van der Waals surface area (Å²) in [6.07, 6.45) is -0.671. The summed E-state index contributed by atoms with van der Waals surface area (Å²) in [5.74, 6) is 0.400. The molecule has 0 saturated carbocycles. The number of carbonyl (C=O) groups is 1. The molecule has 29 heavy (non-hydrogen) atoms. The lowest BCUT2D eigenvalue weighted by Gasteiger charge is -2.14. The van der Waals surface area contributed by atoms with Crippen molar-refractivity contribution >= 4 is 29.5 Å². The van der Waals surface area contributed by atoms with E-state index in [1.807, 2.05) is 36.4 Å². The SMILES string of the molecule is COC(CS)OC(=O)COc1ccc([S+](c2ccccc2)c2ccccc2)cc1. The monoisotopic (exact) mass is 427 g/mol. The van der Waals surface area contributed by atoms with Crippen molar-refractivity contribution in [3.8, 4) is 5.75 Å². The van der Waals surface area contributed by atoms with Gasteiger partial charge in [-0.1, -0.05) is 36.4 Å². The van der Waals surface area contributed by atoms with Crippen molar-refractivity contribution in [3.05, 3.63) is 84.9 Å². The molecule has 0 saturated heterocycles. The predicted molar refractivity (Wildman–Crippen MR) is 118 cm³/mol. The minimum Gasteiger partial charge on any atom is -0.482 e. The summed E-state index contributed by atoms with van der Waals surface area (Å²) in [7, 11) is 1.24. The molecule has 4 nitrogen and oxygen atoms in total. The minimum atomic E-state index is -0.671. The average Bonchev–Trinajstić information content (AvgIpc) is 2.78. The van der Waals surface area contributed by atoms with Gasteiger partial charge >= 0.3 is 5.97 Å².